The zero-order valence-corrected chi connectivity index (χ0v) is 8.90. The molecule has 3 nitrogen and oxygen atoms in total. The Balaban J connectivity index is 2.55. The Bertz CT molecular complexity index is 505. The van der Waals surface area contributed by atoms with Crippen molar-refractivity contribution in [2.75, 3.05) is 0 Å². The standard InChI is InChI=1S/C11H9ClN2O/c1-14-5-4-13-11(14)9-3-2-8(7-15)6-10(9)12/h2-7H,1H3. The number of aldehydes is 1. The van der Waals surface area contributed by atoms with E-state index in [0.717, 1.165) is 17.7 Å². The van der Waals surface area contributed by atoms with Crippen LogP contribution in [-0.4, -0.2) is 15.8 Å². The summed E-state index contributed by atoms with van der Waals surface area (Å²) in [4.78, 5) is 14.7. The molecule has 0 spiro atoms. The minimum absolute atomic E-state index is 0.536. The van der Waals surface area contributed by atoms with Gasteiger partial charge in [0.1, 0.15) is 12.1 Å². The first-order valence-corrected chi connectivity index (χ1v) is 4.82. The first kappa shape index (κ1) is 9.93. The first-order chi connectivity index (χ1) is 7.22. The fraction of sp³-hybridized carbons (Fsp3) is 0.0909. The summed E-state index contributed by atoms with van der Waals surface area (Å²) < 4.78 is 1.88. The lowest BCUT2D eigenvalue weighted by atomic mass is 10.1. The van der Waals surface area contributed by atoms with E-state index in [1.54, 1.807) is 24.4 Å². The lowest BCUT2D eigenvalue weighted by Gasteiger charge is -2.04. The molecule has 0 unspecified atom stereocenters. The van der Waals surface area contributed by atoms with Crippen molar-refractivity contribution in [2.24, 2.45) is 7.05 Å². The number of carbonyl (C=O) groups is 1. The quantitative estimate of drug-likeness (QED) is 0.729. The van der Waals surface area contributed by atoms with Crippen molar-refractivity contribution in [3.8, 4) is 11.4 Å². The second-order valence-electron chi connectivity index (χ2n) is 3.22. The number of hydrogen-bond donors (Lipinski definition) is 0. The zero-order chi connectivity index (χ0) is 10.8. The smallest absolute Gasteiger partial charge is 0.150 e. The van der Waals surface area contributed by atoms with Crippen LogP contribution in [0.15, 0.2) is 30.6 Å². The number of halogens is 1. The molecule has 0 aliphatic heterocycles. The highest BCUT2D eigenvalue weighted by molar-refractivity contribution is 6.33. The van der Waals surface area contributed by atoms with Crippen LogP contribution < -0.4 is 0 Å². The van der Waals surface area contributed by atoms with Gasteiger partial charge >= 0.3 is 0 Å². The van der Waals surface area contributed by atoms with E-state index in [0.29, 0.717) is 10.6 Å². The molecule has 0 N–H and O–H groups in total. The molecule has 1 aromatic heterocycles. The van der Waals surface area contributed by atoms with Crippen molar-refractivity contribution in [2.45, 2.75) is 0 Å². The van der Waals surface area contributed by atoms with Gasteiger partial charge in [0.15, 0.2) is 0 Å². The van der Waals surface area contributed by atoms with E-state index in [-0.39, 0.29) is 0 Å². The molecule has 0 fully saturated rings. The number of aromatic nitrogens is 2. The Morgan fingerprint density at radius 1 is 1.47 bits per heavy atom. The predicted octanol–water partition coefficient (Wildman–Crippen LogP) is 2.55. The summed E-state index contributed by atoms with van der Waals surface area (Å²) in [5.41, 5.74) is 1.40. The van der Waals surface area contributed by atoms with Crippen molar-refractivity contribution in [3.63, 3.8) is 0 Å². The van der Waals surface area contributed by atoms with Crippen LogP contribution in [0, 0.1) is 0 Å². The van der Waals surface area contributed by atoms with E-state index in [4.69, 9.17) is 11.6 Å². The third-order valence-corrected chi connectivity index (χ3v) is 2.50. The Morgan fingerprint density at radius 2 is 2.27 bits per heavy atom. The highest BCUT2D eigenvalue weighted by Crippen LogP contribution is 2.26. The second-order valence-corrected chi connectivity index (χ2v) is 3.63. The maximum absolute atomic E-state index is 10.5. The summed E-state index contributed by atoms with van der Waals surface area (Å²) in [6.45, 7) is 0. The summed E-state index contributed by atoms with van der Waals surface area (Å²) in [5.74, 6) is 0.789. The van der Waals surface area contributed by atoms with Crippen LogP contribution >= 0.6 is 11.6 Å². The van der Waals surface area contributed by atoms with Crippen molar-refractivity contribution >= 4 is 17.9 Å². The van der Waals surface area contributed by atoms with Crippen LogP contribution in [0.2, 0.25) is 5.02 Å². The zero-order valence-electron chi connectivity index (χ0n) is 8.14. The molecule has 0 amide bonds. The van der Waals surface area contributed by atoms with Gasteiger partial charge < -0.3 is 4.57 Å². The molecule has 0 saturated heterocycles. The third kappa shape index (κ3) is 1.78. The number of aryl methyl sites for hydroxylation is 1. The minimum Gasteiger partial charge on any atom is -0.334 e. The van der Waals surface area contributed by atoms with Crippen LogP contribution in [-0.2, 0) is 7.05 Å². The Labute approximate surface area is 92.3 Å². The third-order valence-electron chi connectivity index (χ3n) is 2.19. The lowest BCUT2D eigenvalue weighted by molar-refractivity contribution is 0.112. The molecule has 1 heterocycles. The highest BCUT2D eigenvalue weighted by Gasteiger charge is 2.08. The maximum atomic E-state index is 10.5. The van der Waals surface area contributed by atoms with E-state index in [9.17, 15) is 4.79 Å². The van der Waals surface area contributed by atoms with Gasteiger partial charge in [0.05, 0.1) is 5.02 Å². The molecule has 0 bridgehead atoms. The molecular formula is C11H9ClN2O. The fourth-order valence-electron chi connectivity index (χ4n) is 1.41. The molecule has 2 aromatic rings. The number of nitrogens with zero attached hydrogens (tertiary/aromatic N) is 2. The molecule has 0 radical (unpaired) electrons. The van der Waals surface area contributed by atoms with Gasteiger partial charge in [0.25, 0.3) is 0 Å². The molecule has 0 saturated carbocycles. The highest BCUT2D eigenvalue weighted by atomic mass is 35.5. The normalized spacial score (nSPS) is 10.3. The van der Waals surface area contributed by atoms with Crippen molar-refractivity contribution in [1.29, 1.82) is 0 Å². The van der Waals surface area contributed by atoms with E-state index in [1.807, 2.05) is 17.8 Å². The molecule has 0 aliphatic rings. The predicted molar refractivity (Wildman–Crippen MR) is 59.0 cm³/mol. The van der Waals surface area contributed by atoms with Gasteiger partial charge in [-0.1, -0.05) is 17.7 Å². The number of carbonyl (C=O) groups excluding carboxylic acids is 1. The van der Waals surface area contributed by atoms with E-state index in [1.165, 1.54) is 0 Å². The molecule has 76 valence electrons. The number of hydrogen-bond acceptors (Lipinski definition) is 2. The Kier molecular flexibility index (Phi) is 2.56. The van der Waals surface area contributed by atoms with Crippen LogP contribution in [0.1, 0.15) is 10.4 Å². The van der Waals surface area contributed by atoms with Crippen molar-refractivity contribution in [1.82, 2.24) is 9.55 Å². The minimum atomic E-state index is 0.536. The van der Waals surface area contributed by atoms with Crippen LogP contribution in [0.4, 0.5) is 0 Å². The fourth-order valence-corrected chi connectivity index (χ4v) is 1.68. The van der Waals surface area contributed by atoms with E-state index in [2.05, 4.69) is 4.98 Å². The first-order valence-electron chi connectivity index (χ1n) is 4.45. The van der Waals surface area contributed by atoms with Gasteiger partial charge in [-0.05, 0) is 12.1 Å². The van der Waals surface area contributed by atoms with Crippen molar-refractivity contribution < 1.29 is 4.79 Å². The Morgan fingerprint density at radius 3 is 2.80 bits per heavy atom. The van der Waals surface area contributed by atoms with Gasteiger partial charge in [0, 0.05) is 30.6 Å². The van der Waals surface area contributed by atoms with Crippen LogP contribution in [0.25, 0.3) is 11.4 Å². The number of benzene rings is 1. The summed E-state index contributed by atoms with van der Waals surface area (Å²) in [6.07, 6.45) is 4.33. The molecule has 0 aliphatic carbocycles. The monoisotopic (exact) mass is 220 g/mol. The average Bonchev–Trinajstić information content (AvgIpc) is 2.64. The molecule has 4 heteroatoms. The molecule has 15 heavy (non-hydrogen) atoms. The van der Waals surface area contributed by atoms with E-state index >= 15 is 0 Å². The van der Waals surface area contributed by atoms with Gasteiger partial charge in [-0.2, -0.15) is 0 Å². The van der Waals surface area contributed by atoms with Gasteiger partial charge in [-0.15, -0.1) is 0 Å². The number of rotatable bonds is 2. The van der Waals surface area contributed by atoms with Crippen LogP contribution in [0.3, 0.4) is 0 Å². The SMILES string of the molecule is Cn1ccnc1-c1ccc(C=O)cc1Cl. The topological polar surface area (TPSA) is 34.9 Å². The van der Waals surface area contributed by atoms with Crippen molar-refractivity contribution in [3.05, 3.63) is 41.2 Å². The summed E-state index contributed by atoms with van der Waals surface area (Å²) in [6, 6.07) is 5.16. The van der Waals surface area contributed by atoms with Gasteiger partial charge in [0.2, 0.25) is 0 Å². The largest absolute Gasteiger partial charge is 0.334 e. The molecule has 2 rings (SSSR count). The van der Waals surface area contributed by atoms with Crippen LogP contribution in [0.5, 0.6) is 0 Å². The summed E-state index contributed by atoms with van der Waals surface area (Å²) in [7, 11) is 1.90. The molecule has 0 atom stereocenters. The second kappa shape index (κ2) is 3.87. The lowest BCUT2D eigenvalue weighted by Crippen LogP contribution is -1.92. The molecular weight excluding hydrogens is 212 g/mol. The van der Waals surface area contributed by atoms with Gasteiger partial charge in [-0.3, -0.25) is 4.79 Å². The summed E-state index contributed by atoms with van der Waals surface area (Å²) in [5, 5.41) is 0.536. The average molecular weight is 221 g/mol. The Hall–Kier alpha value is -1.61. The molecule has 1 aromatic carbocycles. The van der Waals surface area contributed by atoms with E-state index < -0.39 is 0 Å². The maximum Gasteiger partial charge on any atom is 0.150 e. The van der Waals surface area contributed by atoms with Gasteiger partial charge in [-0.25, -0.2) is 4.98 Å². The summed E-state index contributed by atoms with van der Waals surface area (Å²) >= 11 is 6.06. The number of imidazole rings is 1.